The van der Waals surface area contributed by atoms with E-state index in [-0.39, 0.29) is 18.0 Å². The van der Waals surface area contributed by atoms with Crippen LogP contribution in [0, 0.1) is 0 Å². The molecule has 5 nitrogen and oxygen atoms in total. The number of hydrogen-bond acceptors (Lipinski definition) is 4. The van der Waals surface area contributed by atoms with Gasteiger partial charge in [0, 0.05) is 44.1 Å². The lowest BCUT2D eigenvalue weighted by Crippen LogP contribution is -2.28. The summed E-state index contributed by atoms with van der Waals surface area (Å²) in [6.07, 6.45) is 9.58. The topological polar surface area (TPSA) is 45.6 Å². The quantitative estimate of drug-likeness (QED) is 0.398. The van der Waals surface area contributed by atoms with Crippen molar-refractivity contribution < 1.29 is 9.59 Å². The fraction of sp³-hybridized carbons (Fsp3) is 0.286. The third kappa shape index (κ3) is 6.08. The Morgan fingerprint density at radius 2 is 1.52 bits per heavy atom. The average molecular weight is 442 g/mol. The van der Waals surface area contributed by atoms with Gasteiger partial charge >= 0.3 is 0 Å². The molecule has 3 aromatic rings. The zero-order valence-corrected chi connectivity index (χ0v) is 19.4. The first-order chi connectivity index (χ1) is 16.0. The van der Waals surface area contributed by atoms with Crippen LogP contribution in [0.2, 0.25) is 0 Å². The van der Waals surface area contributed by atoms with Gasteiger partial charge in [-0.1, -0.05) is 36.4 Å². The smallest absolute Gasteiger partial charge is 0.163 e. The van der Waals surface area contributed by atoms with Gasteiger partial charge in [-0.3, -0.25) is 9.59 Å². The molecular weight excluding hydrogens is 410 g/mol. The fourth-order valence-electron chi connectivity index (χ4n) is 4.15. The SMILES string of the molecule is CN1CCCN(c2ccc(/C=C/C(=O)CC(=O)/C=C/c3ccc4ccn(C)c4c3)cc2)CC1. The number of ketones is 2. The van der Waals surface area contributed by atoms with Gasteiger partial charge in [-0.2, -0.15) is 0 Å². The van der Waals surface area contributed by atoms with Crippen LogP contribution in [-0.4, -0.2) is 54.3 Å². The molecule has 0 radical (unpaired) electrons. The molecule has 33 heavy (non-hydrogen) atoms. The molecule has 1 aliphatic rings. The van der Waals surface area contributed by atoms with Gasteiger partial charge in [0.15, 0.2) is 11.6 Å². The van der Waals surface area contributed by atoms with E-state index in [1.165, 1.54) is 17.8 Å². The van der Waals surface area contributed by atoms with Crippen LogP contribution in [0.4, 0.5) is 5.69 Å². The standard InChI is InChI=1S/C28H31N3O2/c1-29-15-3-16-31(19-18-29)25-10-5-22(6-11-25)7-12-26(32)21-27(33)13-8-23-4-9-24-14-17-30(2)28(24)20-23/h4-14,17,20H,3,15-16,18-19,21H2,1-2H3/b12-7+,13-8+. The summed E-state index contributed by atoms with van der Waals surface area (Å²) in [6.45, 7) is 4.29. The third-order valence-corrected chi connectivity index (χ3v) is 6.16. The molecule has 2 aromatic carbocycles. The number of nitrogens with zero attached hydrogens (tertiary/aromatic N) is 3. The number of aromatic nitrogens is 1. The van der Waals surface area contributed by atoms with Crippen molar-refractivity contribution in [1.82, 2.24) is 9.47 Å². The van der Waals surface area contributed by atoms with Crippen LogP contribution in [0.1, 0.15) is 24.0 Å². The number of benzene rings is 2. The molecule has 0 spiro atoms. The zero-order chi connectivity index (χ0) is 23.2. The monoisotopic (exact) mass is 441 g/mol. The molecule has 170 valence electrons. The third-order valence-electron chi connectivity index (χ3n) is 6.16. The predicted molar refractivity (Wildman–Crippen MR) is 136 cm³/mol. The van der Waals surface area contributed by atoms with Gasteiger partial charge in [-0.05, 0) is 72.9 Å². The minimum absolute atomic E-state index is 0.126. The van der Waals surface area contributed by atoms with Crippen molar-refractivity contribution in [2.24, 2.45) is 7.05 Å². The minimum Gasteiger partial charge on any atom is -0.370 e. The van der Waals surface area contributed by atoms with Gasteiger partial charge in [0.1, 0.15) is 0 Å². The van der Waals surface area contributed by atoms with Crippen molar-refractivity contribution in [2.45, 2.75) is 12.8 Å². The van der Waals surface area contributed by atoms with Crippen molar-refractivity contribution in [3.63, 3.8) is 0 Å². The molecule has 4 rings (SSSR count). The van der Waals surface area contributed by atoms with Gasteiger partial charge in [-0.15, -0.1) is 0 Å². The number of rotatable bonds is 7. The van der Waals surface area contributed by atoms with E-state index in [0.29, 0.717) is 0 Å². The van der Waals surface area contributed by atoms with E-state index in [1.807, 2.05) is 48.1 Å². The number of aryl methyl sites for hydroxylation is 1. The highest BCUT2D eigenvalue weighted by Gasteiger charge is 2.12. The Bertz CT molecular complexity index is 1190. The second kappa shape index (κ2) is 10.5. The van der Waals surface area contributed by atoms with E-state index in [1.54, 1.807) is 12.2 Å². The molecule has 5 heteroatoms. The summed E-state index contributed by atoms with van der Waals surface area (Å²) in [5.74, 6) is -0.389. The van der Waals surface area contributed by atoms with E-state index in [4.69, 9.17) is 0 Å². The highest BCUT2D eigenvalue weighted by Crippen LogP contribution is 2.19. The Morgan fingerprint density at radius 1 is 0.818 bits per heavy atom. The first-order valence-corrected chi connectivity index (χ1v) is 11.5. The van der Waals surface area contributed by atoms with Crippen LogP contribution in [0.25, 0.3) is 23.1 Å². The summed E-state index contributed by atoms with van der Waals surface area (Å²) >= 11 is 0. The summed E-state index contributed by atoms with van der Waals surface area (Å²) < 4.78 is 2.04. The lowest BCUT2D eigenvalue weighted by molar-refractivity contribution is -0.121. The van der Waals surface area contributed by atoms with Gasteiger partial charge in [0.2, 0.25) is 0 Å². The number of likely N-dealkylation sites (N-methyl/N-ethyl adjacent to an activating group) is 1. The molecule has 0 saturated carbocycles. The van der Waals surface area contributed by atoms with E-state index in [2.05, 4.69) is 35.0 Å². The zero-order valence-electron chi connectivity index (χ0n) is 19.4. The van der Waals surface area contributed by atoms with Crippen LogP contribution in [0.5, 0.6) is 0 Å². The molecule has 0 aliphatic carbocycles. The van der Waals surface area contributed by atoms with Crippen molar-refractivity contribution in [3.05, 3.63) is 78.0 Å². The maximum atomic E-state index is 12.2. The van der Waals surface area contributed by atoms with Crippen LogP contribution >= 0.6 is 0 Å². The number of anilines is 1. The van der Waals surface area contributed by atoms with Crippen molar-refractivity contribution in [3.8, 4) is 0 Å². The first-order valence-electron chi connectivity index (χ1n) is 11.5. The fourth-order valence-corrected chi connectivity index (χ4v) is 4.15. The Balaban J connectivity index is 1.30. The number of allylic oxidation sites excluding steroid dienone is 2. The van der Waals surface area contributed by atoms with E-state index >= 15 is 0 Å². The molecule has 0 atom stereocenters. The van der Waals surface area contributed by atoms with Crippen LogP contribution < -0.4 is 4.90 Å². The maximum Gasteiger partial charge on any atom is 0.163 e. The molecule has 1 aromatic heterocycles. The Hall–Kier alpha value is -3.44. The summed E-state index contributed by atoms with van der Waals surface area (Å²) in [5.41, 5.74) is 4.22. The van der Waals surface area contributed by atoms with Gasteiger partial charge in [0.05, 0.1) is 6.42 Å². The molecule has 0 bridgehead atoms. The number of carbonyl (C=O) groups excluding carboxylic acids is 2. The summed E-state index contributed by atoms with van der Waals surface area (Å²) in [4.78, 5) is 29.2. The Labute approximate surface area is 195 Å². The summed E-state index contributed by atoms with van der Waals surface area (Å²) in [7, 11) is 4.16. The van der Waals surface area contributed by atoms with E-state index in [0.717, 1.165) is 54.6 Å². The number of hydrogen-bond donors (Lipinski definition) is 0. The van der Waals surface area contributed by atoms with Crippen LogP contribution in [-0.2, 0) is 16.6 Å². The lowest BCUT2D eigenvalue weighted by atomic mass is 10.1. The molecule has 0 unspecified atom stereocenters. The molecule has 1 aliphatic heterocycles. The summed E-state index contributed by atoms with van der Waals surface area (Å²) in [6, 6.07) is 16.4. The van der Waals surface area contributed by atoms with Crippen molar-refractivity contribution in [2.75, 3.05) is 38.1 Å². The maximum absolute atomic E-state index is 12.2. The number of carbonyl (C=O) groups is 2. The highest BCUT2D eigenvalue weighted by atomic mass is 16.1. The average Bonchev–Trinajstić information content (AvgIpc) is 3.04. The Kier molecular flexibility index (Phi) is 7.20. The molecule has 1 fully saturated rings. The predicted octanol–water partition coefficient (Wildman–Crippen LogP) is 4.58. The molecular formula is C28H31N3O2. The van der Waals surface area contributed by atoms with Crippen molar-refractivity contribution in [1.29, 1.82) is 0 Å². The minimum atomic E-state index is -0.196. The molecule has 2 heterocycles. The number of fused-ring (bicyclic) bond motifs is 1. The Morgan fingerprint density at radius 3 is 2.27 bits per heavy atom. The second-order valence-corrected chi connectivity index (χ2v) is 8.76. The van der Waals surface area contributed by atoms with E-state index in [9.17, 15) is 9.59 Å². The first kappa shape index (κ1) is 22.7. The van der Waals surface area contributed by atoms with Crippen LogP contribution in [0.3, 0.4) is 0 Å². The highest BCUT2D eigenvalue weighted by molar-refractivity contribution is 6.11. The van der Waals surface area contributed by atoms with Gasteiger partial charge in [0.25, 0.3) is 0 Å². The van der Waals surface area contributed by atoms with Gasteiger partial charge in [-0.25, -0.2) is 0 Å². The summed E-state index contributed by atoms with van der Waals surface area (Å²) in [5, 5.41) is 1.16. The lowest BCUT2D eigenvalue weighted by Gasteiger charge is -2.22. The second-order valence-electron chi connectivity index (χ2n) is 8.76. The molecule has 0 amide bonds. The normalized spacial score (nSPS) is 15.5. The van der Waals surface area contributed by atoms with E-state index < -0.39 is 0 Å². The molecule has 0 N–H and O–H groups in total. The largest absolute Gasteiger partial charge is 0.370 e. The molecule has 1 saturated heterocycles. The van der Waals surface area contributed by atoms with Crippen molar-refractivity contribution >= 4 is 40.3 Å². The van der Waals surface area contributed by atoms with Crippen LogP contribution in [0.15, 0.2) is 66.9 Å². The van der Waals surface area contributed by atoms with Gasteiger partial charge < -0.3 is 14.4 Å².